The van der Waals surface area contributed by atoms with E-state index in [1.165, 1.54) is 16.9 Å². The Kier molecular flexibility index (Phi) is 4.82. The van der Waals surface area contributed by atoms with Crippen LogP contribution in [0.3, 0.4) is 0 Å². The van der Waals surface area contributed by atoms with Gasteiger partial charge in [0.05, 0.1) is 28.7 Å². The number of nitrogens with zero attached hydrogens (tertiary/aromatic N) is 3. The van der Waals surface area contributed by atoms with Gasteiger partial charge in [-0.2, -0.15) is 18.3 Å². The van der Waals surface area contributed by atoms with Gasteiger partial charge in [-0.05, 0) is 43.4 Å². The molecule has 0 N–H and O–H groups in total. The van der Waals surface area contributed by atoms with Gasteiger partial charge in [0.15, 0.2) is 0 Å². The highest BCUT2D eigenvalue weighted by atomic mass is 19.4. The maximum atomic E-state index is 12.9. The van der Waals surface area contributed by atoms with E-state index in [0.29, 0.717) is 36.2 Å². The third-order valence-electron chi connectivity index (χ3n) is 4.81. The van der Waals surface area contributed by atoms with Gasteiger partial charge in [-0.3, -0.25) is 4.79 Å². The number of piperidine rings is 1. The smallest absolute Gasteiger partial charge is 0.338 e. The molecule has 0 spiro atoms. The van der Waals surface area contributed by atoms with Crippen molar-refractivity contribution in [2.75, 3.05) is 13.1 Å². The molecule has 1 aromatic heterocycles. The Balaban J connectivity index is 1.90. The maximum absolute atomic E-state index is 12.9. The van der Waals surface area contributed by atoms with Gasteiger partial charge < -0.3 is 4.90 Å². The predicted octanol–water partition coefficient (Wildman–Crippen LogP) is 4.32. The summed E-state index contributed by atoms with van der Waals surface area (Å²) < 4.78 is 40.2. The van der Waals surface area contributed by atoms with E-state index in [1.54, 1.807) is 13.0 Å². The van der Waals surface area contributed by atoms with Crippen LogP contribution in [0.4, 0.5) is 13.2 Å². The molecule has 1 fully saturated rings. The first-order valence-corrected chi connectivity index (χ1v) is 8.68. The zero-order valence-electron chi connectivity index (χ0n) is 15.0. The van der Waals surface area contributed by atoms with Crippen LogP contribution in [-0.2, 0) is 6.18 Å². The minimum atomic E-state index is -4.42. The van der Waals surface area contributed by atoms with Crippen molar-refractivity contribution in [1.29, 1.82) is 0 Å². The quantitative estimate of drug-likeness (QED) is 0.795. The van der Waals surface area contributed by atoms with E-state index < -0.39 is 11.7 Å². The molecule has 1 aromatic carbocycles. The fourth-order valence-corrected chi connectivity index (χ4v) is 3.69. The van der Waals surface area contributed by atoms with Gasteiger partial charge in [-0.1, -0.05) is 19.9 Å². The zero-order valence-corrected chi connectivity index (χ0v) is 15.0. The summed E-state index contributed by atoms with van der Waals surface area (Å²) in [6.45, 7) is 7.33. The number of hydrogen-bond acceptors (Lipinski definition) is 2. The molecule has 0 bridgehead atoms. The Labute approximate surface area is 150 Å². The number of aromatic nitrogens is 2. The minimum Gasteiger partial charge on any atom is -0.338 e. The lowest BCUT2D eigenvalue weighted by molar-refractivity contribution is -0.137. The van der Waals surface area contributed by atoms with Crippen molar-refractivity contribution in [1.82, 2.24) is 14.7 Å². The van der Waals surface area contributed by atoms with Crippen LogP contribution in [0.5, 0.6) is 0 Å². The van der Waals surface area contributed by atoms with Crippen LogP contribution < -0.4 is 0 Å². The number of benzene rings is 1. The first-order valence-electron chi connectivity index (χ1n) is 8.68. The summed E-state index contributed by atoms with van der Waals surface area (Å²) in [5.74, 6) is 0.752. The standard InChI is InChI=1S/C19H22F3N3O/c1-12-7-13(2)11-24(10-12)18(26)17-9-23-25(14(17)3)16-6-4-5-15(8-16)19(20,21)22/h4-6,8-9,12-13H,7,10-11H2,1-3H3. The van der Waals surface area contributed by atoms with Crippen LogP contribution in [0.2, 0.25) is 0 Å². The number of rotatable bonds is 2. The second kappa shape index (κ2) is 6.78. The lowest BCUT2D eigenvalue weighted by Crippen LogP contribution is -2.42. The molecular weight excluding hydrogens is 343 g/mol. The highest BCUT2D eigenvalue weighted by Gasteiger charge is 2.31. The van der Waals surface area contributed by atoms with Crippen LogP contribution in [-0.4, -0.2) is 33.7 Å². The summed E-state index contributed by atoms with van der Waals surface area (Å²) in [7, 11) is 0. The topological polar surface area (TPSA) is 38.1 Å². The molecule has 2 aromatic rings. The molecule has 7 heteroatoms. The molecule has 26 heavy (non-hydrogen) atoms. The molecule has 1 saturated heterocycles. The van der Waals surface area contributed by atoms with Gasteiger partial charge >= 0.3 is 6.18 Å². The molecule has 140 valence electrons. The van der Waals surface area contributed by atoms with Crippen LogP contribution in [0.15, 0.2) is 30.5 Å². The molecule has 0 aliphatic carbocycles. The Morgan fingerprint density at radius 1 is 1.19 bits per heavy atom. The van der Waals surface area contributed by atoms with Gasteiger partial charge in [-0.25, -0.2) is 4.68 Å². The molecule has 2 heterocycles. The van der Waals surface area contributed by atoms with Gasteiger partial charge in [0.25, 0.3) is 5.91 Å². The van der Waals surface area contributed by atoms with Crippen molar-refractivity contribution in [3.8, 4) is 5.69 Å². The molecule has 0 saturated carbocycles. The molecule has 0 radical (unpaired) electrons. The number of hydrogen-bond donors (Lipinski definition) is 0. The lowest BCUT2D eigenvalue weighted by atomic mass is 9.91. The molecule has 1 aliphatic heterocycles. The van der Waals surface area contributed by atoms with Crippen LogP contribution in [0.1, 0.15) is 41.9 Å². The van der Waals surface area contributed by atoms with Gasteiger partial charge in [0.1, 0.15) is 0 Å². The first-order chi connectivity index (χ1) is 12.2. The average molecular weight is 365 g/mol. The van der Waals surface area contributed by atoms with E-state index >= 15 is 0 Å². The summed E-state index contributed by atoms with van der Waals surface area (Å²) >= 11 is 0. The Hall–Kier alpha value is -2.31. The lowest BCUT2D eigenvalue weighted by Gasteiger charge is -2.34. The fourth-order valence-electron chi connectivity index (χ4n) is 3.69. The van der Waals surface area contributed by atoms with Crippen molar-refractivity contribution in [2.45, 2.75) is 33.4 Å². The second-order valence-corrected chi connectivity index (χ2v) is 7.26. The van der Waals surface area contributed by atoms with Crippen molar-refractivity contribution in [2.24, 2.45) is 11.8 Å². The third-order valence-corrected chi connectivity index (χ3v) is 4.81. The van der Waals surface area contributed by atoms with Gasteiger partial charge in [-0.15, -0.1) is 0 Å². The van der Waals surface area contributed by atoms with Crippen molar-refractivity contribution >= 4 is 5.91 Å². The molecule has 2 atom stereocenters. The van der Waals surface area contributed by atoms with Crippen molar-refractivity contribution < 1.29 is 18.0 Å². The monoisotopic (exact) mass is 365 g/mol. The van der Waals surface area contributed by atoms with Crippen LogP contribution in [0, 0.1) is 18.8 Å². The number of carbonyl (C=O) groups is 1. The van der Waals surface area contributed by atoms with Crippen LogP contribution in [0.25, 0.3) is 5.69 Å². The predicted molar refractivity (Wildman–Crippen MR) is 92.2 cm³/mol. The second-order valence-electron chi connectivity index (χ2n) is 7.26. The summed E-state index contributed by atoms with van der Waals surface area (Å²) in [5.41, 5.74) is 0.525. The fraction of sp³-hybridized carbons (Fsp3) is 0.474. The first kappa shape index (κ1) is 18.5. The number of likely N-dealkylation sites (tertiary alicyclic amines) is 1. The molecule has 3 rings (SSSR count). The van der Waals surface area contributed by atoms with E-state index in [9.17, 15) is 18.0 Å². The van der Waals surface area contributed by atoms with E-state index in [0.717, 1.165) is 18.6 Å². The summed E-state index contributed by atoms with van der Waals surface area (Å²) in [5, 5.41) is 4.16. The maximum Gasteiger partial charge on any atom is 0.416 e. The average Bonchev–Trinajstić information content (AvgIpc) is 2.94. The largest absolute Gasteiger partial charge is 0.416 e. The molecule has 1 aliphatic rings. The molecule has 1 amide bonds. The number of amides is 1. The number of carbonyl (C=O) groups excluding carboxylic acids is 1. The van der Waals surface area contributed by atoms with Crippen LogP contribution >= 0.6 is 0 Å². The molecule has 2 unspecified atom stereocenters. The summed E-state index contributed by atoms with van der Waals surface area (Å²) in [4.78, 5) is 14.7. The highest BCUT2D eigenvalue weighted by Crippen LogP contribution is 2.31. The third kappa shape index (κ3) is 3.61. The highest BCUT2D eigenvalue weighted by molar-refractivity contribution is 5.95. The van der Waals surface area contributed by atoms with E-state index in [2.05, 4.69) is 18.9 Å². The Morgan fingerprint density at radius 3 is 2.46 bits per heavy atom. The Morgan fingerprint density at radius 2 is 1.85 bits per heavy atom. The van der Waals surface area contributed by atoms with Crippen molar-refractivity contribution in [3.63, 3.8) is 0 Å². The normalized spacial score (nSPS) is 21.1. The van der Waals surface area contributed by atoms with Crippen molar-refractivity contribution in [3.05, 3.63) is 47.3 Å². The van der Waals surface area contributed by atoms with E-state index in [-0.39, 0.29) is 11.6 Å². The van der Waals surface area contributed by atoms with Gasteiger partial charge in [0.2, 0.25) is 0 Å². The number of halogens is 3. The summed E-state index contributed by atoms with van der Waals surface area (Å²) in [6, 6.07) is 4.95. The van der Waals surface area contributed by atoms with E-state index in [4.69, 9.17) is 0 Å². The SMILES string of the molecule is Cc1c(C(=O)N2CC(C)CC(C)C2)cnn1-c1cccc(C(F)(F)F)c1. The summed E-state index contributed by atoms with van der Waals surface area (Å²) in [6.07, 6.45) is -1.88. The number of alkyl halides is 3. The Bertz CT molecular complexity index is 803. The van der Waals surface area contributed by atoms with E-state index in [1.807, 2.05) is 4.90 Å². The zero-order chi connectivity index (χ0) is 19.1. The molecular formula is C19H22F3N3O. The minimum absolute atomic E-state index is 0.112. The molecule has 4 nitrogen and oxygen atoms in total. The van der Waals surface area contributed by atoms with Gasteiger partial charge in [0, 0.05) is 13.1 Å².